The number of nitrogens with one attached hydrogen (secondary N) is 1. The minimum atomic E-state index is 0. The van der Waals surface area contributed by atoms with Gasteiger partial charge in [0.25, 0.3) is 0 Å². The van der Waals surface area contributed by atoms with Gasteiger partial charge in [-0.15, -0.1) is 0 Å². The van der Waals surface area contributed by atoms with E-state index < -0.39 is 0 Å². The molecule has 1 heterocycles. The van der Waals surface area contributed by atoms with Gasteiger partial charge in [0.05, 0.1) is 0 Å². The van der Waals surface area contributed by atoms with Crippen LogP contribution in [0.2, 0.25) is 0 Å². The lowest BCUT2D eigenvalue weighted by atomic mass is 10.6. The van der Waals surface area contributed by atoms with Crippen molar-refractivity contribution in [3.8, 4) is 0 Å². The Kier molecular flexibility index (Phi) is 4.05. The van der Waals surface area contributed by atoms with Crippen LogP contribution < -0.4 is 21.5 Å². The van der Waals surface area contributed by atoms with Gasteiger partial charge in [0, 0.05) is 0 Å². The first-order valence-electron chi connectivity index (χ1n) is 2.56. The molecule has 0 saturated heterocycles. The fourth-order valence-electron chi connectivity index (χ4n) is 0.583. The van der Waals surface area contributed by atoms with E-state index in [-0.39, 0.29) is 17.0 Å². The fraction of sp³-hybridized carbons (Fsp3) is 0.167. The van der Waals surface area contributed by atoms with Crippen molar-refractivity contribution in [1.29, 1.82) is 0 Å². The molecule has 0 spiro atoms. The molecule has 0 aromatic carbocycles. The van der Waals surface area contributed by atoms with Crippen LogP contribution in [0.3, 0.4) is 0 Å². The number of aromatic nitrogens is 2. The van der Waals surface area contributed by atoms with E-state index >= 15 is 0 Å². The molecule has 0 saturated carbocycles. The number of hydrogen-bond donors (Lipinski definition) is 1. The number of imidazole rings is 1. The molecule has 50 valence electrons. The average Bonchev–Trinajstić information content (AvgIpc) is 2.19. The van der Waals surface area contributed by atoms with Crippen LogP contribution in [0.4, 0.5) is 0 Å². The van der Waals surface area contributed by atoms with Crippen LogP contribution in [0.25, 0.3) is 0 Å². The van der Waals surface area contributed by atoms with Gasteiger partial charge in [-0.1, -0.05) is 12.7 Å². The molecule has 0 aliphatic carbocycles. The normalized spacial score (nSPS) is 8.00. The van der Waals surface area contributed by atoms with E-state index in [1.54, 1.807) is 0 Å². The third-order valence-corrected chi connectivity index (χ3v) is 0.943. The zero-order chi connectivity index (χ0) is 5.82. The van der Waals surface area contributed by atoms with Crippen LogP contribution >= 0.6 is 0 Å². The Hall–Kier alpha value is -0.570. The highest BCUT2D eigenvalue weighted by molar-refractivity contribution is 4.61. The molecule has 9 heavy (non-hydrogen) atoms. The first-order chi connectivity index (χ1) is 3.93. The molecule has 1 aromatic rings. The maximum Gasteiger partial charge on any atom is 0.241 e. The molecule has 0 fully saturated rings. The third kappa shape index (κ3) is 2.46. The molecule has 0 amide bonds. The molecule has 0 radical (unpaired) electrons. The Labute approximate surface area is 65.0 Å². The SMILES string of the molecule is C=CC[n+]1cc[nH]c1.[Br-]. The Balaban J connectivity index is 0.000000640. The zero-order valence-electron chi connectivity index (χ0n) is 5.05. The van der Waals surface area contributed by atoms with Crippen molar-refractivity contribution in [1.82, 2.24) is 4.98 Å². The number of rotatable bonds is 2. The lowest BCUT2D eigenvalue weighted by Crippen LogP contribution is -3.00. The number of H-pyrrole nitrogens is 1. The van der Waals surface area contributed by atoms with Gasteiger partial charge in [-0.05, 0) is 0 Å². The lowest BCUT2D eigenvalue weighted by molar-refractivity contribution is -0.685. The molecule has 0 aliphatic heterocycles. The molecule has 2 nitrogen and oxygen atoms in total. The second-order valence-electron chi connectivity index (χ2n) is 1.60. The monoisotopic (exact) mass is 188 g/mol. The standard InChI is InChI=1S/C6H8N2.BrH/c1-2-4-8-5-3-7-6-8;/h2-3,5-6H,1,4H2;1H. The minimum Gasteiger partial charge on any atom is -1.00 e. The van der Waals surface area contributed by atoms with Crippen molar-refractivity contribution in [3.05, 3.63) is 31.4 Å². The highest BCUT2D eigenvalue weighted by Crippen LogP contribution is 1.68. The maximum atomic E-state index is 3.60. The molecular formula is C6H9BrN2. The summed E-state index contributed by atoms with van der Waals surface area (Å²) < 4.78 is 2.01. The summed E-state index contributed by atoms with van der Waals surface area (Å²) in [6, 6.07) is 0. The van der Waals surface area contributed by atoms with Crippen LogP contribution in [0.5, 0.6) is 0 Å². The van der Waals surface area contributed by atoms with Crippen LogP contribution in [-0.2, 0) is 6.54 Å². The Morgan fingerprint density at radius 2 is 2.44 bits per heavy atom. The Morgan fingerprint density at radius 3 is 2.89 bits per heavy atom. The summed E-state index contributed by atoms with van der Waals surface area (Å²) in [5, 5.41) is 0. The van der Waals surface area contributed by atoms with E-state index in [4.69, 9.17) is 0 Å². The predicted molar refractivity (Wildman–Crippen MR) is 31.2 cm³/mol. The largest absolute Gasteiger partial charge is 1.00 e. The van der Waals surface area contributed by atoms with E-state index in [1.165, 1.54) is 0 Å². The molecular weight excluding hydrogens is 180 g/mol. The van der Waals surface area contributed by atoms with Crippen molar-refractivity contribution < 1.29 is 21.5 Å². The second-order valence-corrected chi connectivity index (χ2v) is 1.60. The van der Waals surface area contributed by atoms with E-state index in [9.17, 15) is 0 Å². The first-order valence-corrected chi connectivity index (χ1v) is 2.56. The number of allylic oxidation sites excluding steroid dienone is 1. The van der Waals surface area contributed by atoms with Crippen molar-refractivity contribution in [3.63, 3.8) is 0 Å². The second kappa shape index (κ2) is 4.32. The lowest BCUT2D eigenvalue weighted by Gasteiger charge is -1.81. The number of halogens is 1. The first kappa shape index (κ1) is 8.43. The summed E-state index contributed by atoms with van der Waals surface area (Å²) in [4.78, 5) is 2.93. The molecule has 3 heteroatoms. The van der Waals surface area contributed by atoms with Gasteiger partial charge >= 0.3 is 0 Å². The minimum absolute atomic E-state index is 0. The van der Waals surface area contributed by atoms with E-state index in [0.29, 0.717) is 0 Å². The summed E-state index contributed by atoms with van der Waals surface area (Å²) in [7, 11) is 0. The molecule has 1 rings (SSSR count). The topological polar surface area (TPSA) is 19.7 Å². The van der Waals surface area contributed by atoms with Crippen molar-refractivity contribution in [2.45, 2.75) is 6.54 Å². The zero-order valence-corrected chi connectivity index (χ0v) is 6.63. The predicted octanol–water partition coefficient (Wildman–Crippen LogP) is -2.51. The summed E-state index contributed by atoms with van der Waals surface area (Å²) in [5.41, 5.74) is 0. The van der Waals surface area contributed by atoms with Crippen molar-refractivity contribution in [2.75, 3.05) is 0 Å². The van der Waals surface area contributed by atoms with Gasteiger partial charge in [0.1, 0.15) is 18.9 Å². The van der Waals surface area contributed by atoms with Crippen LogP contribution in [0.1, 0.15) is 0 Å². The van der Waals surface area contributed by atoms with Crippen LogP contribution in [-0.4, -0.2) is 4.98 Å². The smallest absolute Gasteiger partial charge is 0.241 e. The van der Waals surface area contributed by atoms with Gasteiger partial charge in [-0.2, -0.15) is 0 Å². The molecule has 0 bridgehead atoms. The Morgan fingerprint density at radius 1 is 1.67 bits per heavy atom. The van der Waals surface area contributed by atoms with E-state index in [0.717, 1.165) is 6.54 Å². The Bertz CT molecular complexity index is 158. The van der Waals surface area contributed by atoms with E-state index in [1.807, 2.05) is 29.4 Å². The van der Waals surface area contributed by atoms with Gasteiger partial charge < -0.3 is 17.0 Å². The summed E-state index contributed by atoms with van der Waals surface area (Å²) >= 11 is 0. The molecule has 1 N–H and O–H groups in total. The average molecular weight is 189 g/mol. The maximum absolute atomic E-state index is 3.60. The highest BCUT2D eigenvalue weighted by atomic mass is 79.9. The molecule has 0 atom stereocenters. The third-order valence-electron chi connectivity index (χ3n) is 0.943. The van der Waals surface area contributed by atoms with Gasteiger partial charge in [0.15, 0.2) is 0 Å². The summed E-state index contributed by atoms with van der Waals surface area (Å²) in [6.07, 6.45) is 7.58. The van der Waals surface area contributed by atoms with Crippen LogP contribution in [0.15, 0.2) is 31.4 Å². The molecule has 0 unspecified atom stereocenters. The highest BCUT2D eigenvalue weighted by Gasteiger charge is 1.87. The van der Waals surface area contributed by atoms with Crippen molar-refractivity contribution >= 4 is 0 Å². The van der Waals surface area contributed by atoms with Crippen molar-refractivity contribution in [2.24, 2.45) is 0 Å². The van der Waals surface area contributed by atoms with Crippen LogP contribution in [0, 0.1) is 0 Å². The summed E-state index contributed by atoms with van der Waals surface area (Å²) in [6.45, 7) is 4.48. The quantitative estimate of drug-likeness (QED) is 0.391. The summed E-state index contributed by atoms with van der Waals surface area (Å²) in [5.74, 6) is 0. The number of hydrogen-bond acceptors (Lipinski definition) is 0. The molecule has 0 aliphatic rings. The van der Waals surface area contributed by atoms with Gasteiger partial charge in [-0.25, -0.2) is 4.57 Å². The number of nitrogens with zero attached hydrogens (tertiary/aromatic N) is 1. The van der Waals surface area contributed by atoms with Gasteiger partial charge in [0.2, 0.25) is 6.33 Å². The van der Waals surface area contributed by atoms with E-state index in [2.05, 4.69) is 11.6 Å². The van der Waals surface area contributed by atoms with Gasteiger partial charge in [-0.3, -0.25) is 4.98 Å². The molecule has 1 aromatic heterocycles. The fourth-order valence-corrected chi connectivity index (χ4v) is 0.583. The number of aromatic amines is 1.